The van der Waals surface area contributed by atoms with Gasteiger partial charge in [0, 0.05) is 25.2 Å². The van der Waals surface area contributed by atoms with E-state index < -0.39 is 0 Å². The van der Waals surface area contributed by atoms with E-state index in [1.807, 2.05) is 42.5 Å². The van der Waals surface area contributed by atoms with Crippen LogP contribution in [-0.2, 0) is 17.9 Å². The Balaban J connectivity index is 1.52. The predicted octanol–water partition coefficient (Wildman–Crippen LogP) is 2.30. The van der Waals surface area contributed by atoms with E-state index in [-0.39, 0.29) is 24.8 Å². The fourth-order valence-corrected chi connectivity index (χ4v) is 2.97. The molecule has 0 N–H and O–H groups in total. The van der Waals surface area contributed by atoms with Gasteiger partial charge < -0.3 is 14.4 Å². The number of amides is 1. The molecule has 1 amide bonds. The molecule has 0 saturated carbocycles. The number of carbonyl (C=O) groups is 1. The van der Waals surface area contributed by atoms with Gasteiger partial charge in [0.2, 0.25) is 12.7 Å². The normalized spacial score (nSPS) is 12.0. The summed E-state index contributed by atoms with van der Waals surface area (Å²) in [7, 11) is 1.71. The van der Waals surface area contributed by atoms with Crippen LogP contribution in [-0.4, -0.2) is 34.4 Å². The number of ether oxygens (including phenoxy) is 2. The van der Waals surface area contributed by atoms with Crippen LogP contribution in [0.15, 0.2) is 65.5 Å². The molecule has 7 nitrogen and oxygen atoms in total. The molecule has 0 spiro atoms. The molecule has 0 atom stereocenters. The van der Waals surface area contributed by atoms with Crippen LogP contribution < -0.4 is 15.0 Å². The van der Waals surface area contributed by atoms with Gasteiger partial charge in [0.15, 0.2) is 11.5 Å². The van der Waals surface area contributed by atoms with Crippen molar-refractivity contribution in [3.8, 4) is 22.8 Å². The largest absolute Gasteiger partial charge is 0.454 e. The molecule has 0 unspecified atom stereocenters. The fourth-order valence-electron chi connectivity index (χ4n) is 2.97. The van der Waals surface area contributed by atoms with E-state index in [1.54, 1.807) is 24.1 Å². The number of nitrogens with zero attached hydrogens (tertiary/aromatic N) is 3. The third-order valence-corrected chi connectivity index (χ3v) is 4.51. The highest BCUT2D eigenvalue weighted by Crippen LogP contribution is 2.35. The van der Waals surface area contributed by atoms with Gasteiger partial charge in [-0.1, -0.05) is 30.3 Å². The number of hydrogen-bond acceptors (Lipinski definition) is 5. The summed E-state index contributed by atoms with van der Waals surface area (Å²) in [6, 6.07) is 18.2. The zero-order chi connectivity index (χ0) is 19.5. The second-order valence-electron chi connectivity index (χ2n) is 6.52. The number of carbonyl (C=O) groups excluding carboxylic acids is 1. The molecular formula is C21H19N3O4. The van der Waals surface area contributed by atoms with Gasteiger partial charge >= 0.3 is 0 Å². The molecule has 142 valence electrons. The average Bonchev–Trinajstić information content (AvgIpc) is 3.18. The van der Waals surface area contributed by atoms with Gasteiger partial charge in [0.05, 0.1) is 5.69 Å². The van der Waals surface area contributed by atoms with Crippen molar-refractivity contribution in [1.29, 1.82) is 0 Å². The van der Waals surface area contributed by atoms with E-state index in [4.69, 9.17) is 9.47 Å². The molecule has 1 aliphatic rings. The molecule has 1 aliphatic heterocycles. The fraction of sp³-hybridized carbons (Fsp3) is 0.190. The minimum atomic E-state index is -0.328. The standard InChI is InChI=1S/C21H19N3O4/c1-23(12-15-5-3-2-4-6-15)21(26)13-24-20(25)10-8-17(22-24)16-7-9-18-19(11-16)28-14-27-18/h2-11H,12-14H2,1H3. The van der Waals surface area contributed by atoms with Crippen molar-refractivity contribution in [2.75, 3.05) is 13.8 Å². The minimum Gasteiger partial charge on any atom is -0.454 e. The smallest absolute Gasteiger partial charge is 0.267 e. The number of benzene rings is 2. The first-order valence-corrected chi connectivity index (χ1v) is 8.86. The van der Waals surface area contributed by atoms with Gasteiger partial charge in [-0.2, -0.15) is 5.10 Å². The zero-order valence-corrected chi connectivity index (χ0v) is 15.4. The van der Waals surface area contributed by atoms with E-state index in [2.05, 4.69) is 5.10 Å². The SMILES string of the molecule is CN(Cc1ccccc1)C(=O)Cn1nc(-c2ccc3c(c2)OCO3)ccc1=O. The van der Waals surface area contributed by atoms with Crippen molar-refractivity contribution in [2.45, 2.75) is 13.1 Å². The third-order valence-electron chi connectivity index (χ3n) is 4.51. The summed E-state index contributed by atoms with van der Waals surface area (Å²) in [5, 5.41) is 4.36. The van der Waals surface area contributed by atoms with Gasteiger partial charge in [0.25, 0.3) is 5.56 Å². The zero-order valence-electron chi connectivity index (χ0n) is 15.4. The van der Waals surface area contributed by atoms with Crippen LogP contribution in [0.25, 0.3) is 11.3 Å². The summed E-state index contributed by atoms with van der Waals surface area (Å²) >= 11 is 0. The van der Waals surface area contributed by atoms with Crippen LogP contribution >= 0.6 is 0 Å². The van der Waals surface area contributed by atoms with Gasteiger partial charge in [0.1, 0.15) is 6.54 Å². The Labute approximate surface area is 161 Å². The van der Waals surface area contributed by atoms with Crippen LogP contribution in [0, 0.1) is 0 Å². The lowest BCUT2D eigenvalue weighted by Crippen LogP contribution is -2.34. The van der Waals surface area contributed by atoms with Crippen LogP contribution in [0.3, 0.4) is 0 Å². The summed E-state index contributed by atoms with van der Waals surface area (Å²) in [6.07, 6.45) is 0. The maximum Gasteiger partial charge on any atom is 0.267 e. The molecule has 0 bridgehead atoms. The highest BCUT2D eigenvalue weighted by atomic mass is 16.7. The number of hydrogen-bond donors (Lipinski definition) is 0. The molecule has 1 aromatic heterocycles. The first-order chi connectivity index (χ1) is 13.6. The Morgan fingerprint density at radius 1 is 1.07 bits per heavy atom. The van der Waals surface area contributed by atoms with Crippen molar-refractivity contribution >= 4 is 5.91 Å². The number of likely N-dealkylation sites (N-methyl/N-ethyl adjacent to an activating group) is 1. The molecular weight excluding hydrogens is 358 g/mol. The summed E-state index contributed by atoms with van der Waals surface area (Å²) in [4.78, 5) is 26.3. The highest BCUT2D eigenvalue weighted by Gasteiger charge is 2.16. The molecule has 0 aliphatic carbocycles. The van der Waals surface area contributed by atoms with E-state index >= 15 is 0 Å². The van der Waals surface area contributed by atoms with Crippen LogP contribution in [0.1, 0.15) is 5.56 Å². The van der Waals surface area contributed by atoms with Gasteiger partial charge in [-0.05, 0) is 29.8 Å². The topological polar surface area (TPSA) is 73.7 Å². The molecule has 0 radical (unpaired) electrons. The number of rotatable bonds is 5. The lowest BCUT2D eigenvalue weighted by atomic mass is 10.1. The van der Waals surface area contributed by atoms with Crippen molar-refractivity contribution in [3.05, 3.63) is 76.6 Å². The lowest BCUT2D eigenvalue weighted by molar-refractivity contribution is -0.131. The van der Waals surface area contributed by atoms with E-state index in [0.29, 0.717) is 23.7 Å². The van der Waals surface area contributed by atoms with Crippen molar-refractivity contribution in [2.24, 2.45) is 0 Å². The quantitative estimate of drug-likeness (QED) is 0.682. The Kier molecular flexibility index (Phi) is 4.80. The molecule has 0 fully saturated rings. The first-order valence-electron chi connectivity index (χ1n) is 8.86. The maximum atomic E-state index is 12.6. The van der Waals surface area contributed by atoms with Crippen LogP contribution in [0.2, 0.25) is 0 Å². The molecule has 0 saturated heterocycles. The Morgan fingerprint density at radius 3 is 2.68 bits per heavy atom. The van der Waals surface area contributed by atoms with Gasteiger partial charge in [-0.25, -0.2) is 4.68 Å². The predicted molar refractivity (Wildman–Crippen MR) is 103 cm³/mol. The highest BCUT2D eigenvalue weighted by molar-refractivity contribution is 5.75. The van der Waals surface area contributed by atoms with Crippen molar-refractivity contribution in [3.63, 3.8) is 0 Å². The van der Waals surface area contributed by atoms with Crippen molar-refractivity contribution in [1.82, 2.24) is 14.7 Å². The second-order valence-corrected chi connectivity index (χ2v) is 6.52. The average molecular weight is 377 g/mol. The van der Waals surface area contributed by atoms with Crippen LogP contribution in [0.5, 0.6) is 11.5 Å². The summed E-state index contributed by atoms with van der Waals surface area (Å²) < 4.78 is 11.9. The summed E-state index contributed by atoms with van der Waals surface area (Å²) in [5.41, 5.74) is 2.05. The Hall–Kier alpha value is -3.61. The Morgan fingerprint density at radius 2 is 1.86 bits per heavy atom. The van der Waals surface area contributed by atoms with E-state index in [0.717, 1.165) is 11.1 Å². The molecule has 28 heavy (non-hydrogen) atoms. The molecule has 2 aromatic carbocycles. The van der Waals surface area contributed by atoms with Gasteiger partial charge in [-0.15, -0.1) is 0 Å². The van der Waals surface area contributed by atoms with Crippen LogP contribution in [0.4, 0.5) is 0 Å². The third kappa shape index (κ3) is 3.73. The van der Waals surface area contributed by atoms with E-state index in [9.17, 15) is 9.59 Å². The second kappa shape index (κ2) is 7.56. The molecule has 2 heterocycles. The summed E-state index contributed by atoms with van der Waals surface area (Å²) in [5.74, 6) is 1.12. The molecule has 7 heteroatoms. The van der Waals surface area contributed by atoms with Gasteiger partial charge in [-0.3, -0.25) is 9.59 Å². The lowest BCUT2D eigenvalue weighted by Gasteiger charge is -2.17. The monoisotopic (exact) mass is 377 g/mol. The minimum absolute atomic E-state index is 0.124. The maximum absolute atomic E-state index is 12.6. The van der Waals surface area contributed by atoms with E-state index in [1.165, 1.54) is 10.7 Å². The Bertz CT molecular complexity index is 1060. The molecule has 4 rings (SSSR count). The molecule has 3 aromatic rings. The first kappa shape index (κ1) is 17.8. The number of aromatic nitrogens is 2. The number of fused-ring (bicyclic) bond motifs is 1. The van der Waals surface area contributed by atoms with Crippen molar-refractivity contribution < 1.29 is 14.3 Å². The summed E-state index contributed by atoms with van der Waals surface area (Å²) in [6.45, 7) is 0.533.